The molecule has 0 spiro atoms. The third-order valence-electron chi connectivity index (χ3n) is 7.21. The lowest BCUT2D eigenvalue weighted by Gasteiger charge is -2.23. The number of rotatable bonds is 0. The van der Waals surface area contributed by atoms with Gasteiger partial charge >= 0.3 is 0 Å². The molecule has 2 aliphatic carbocycles. The minimum Gasteiger partial charge on any atom is -0.302 e. The molecule has 2 aromatic heterocycles. The van der Waals surface area contributed by atoms with Gasteiger partial charge in [-0.15, -0.1) is 0 Å². The molecule has 138 valence electrons. The molecule has 0 radical (unpaired) electrons. The monoisotopic (exact) mass is 366 g/mol. The minimum absolute atomic E-state index is 0.192. The second-order valence-corrected chi connectivity index (χ2v) is 8.81. The maximum atomic E-state index is 13.3. The van der Waals surface area contributed by atoms with E-state index in [1.54, 1.807) is 0 Å². The number of aromatic nitrogens is 2. The fraction of sp³-hybridized carbons (Fsp3) is 0.333. The zero-order chi connectivity index (χ0) is 19.2. The Kier molecular flexibility index (Phi) is 3.19. The first kappa shape index (κ1) is 16.3. The molecule has 0 fully saturated rings. The summed E-state index contributed by atoms with van der Waals surface area (Å²) in [6, 6.07) is 4.47. The van der Waals surface area contributed by atoms with E-state index < -0.39 is 0 Å². The smallest absolute Gasteiger partial charge is 0.254 e. The summed E-state index contributed by atoms with van der Waals surface area (Å²) in [5.41, 5.74) is 13.7. The van der Waals surface area contributed by atoms with Crippen LogP contribution >= 0.6 is 0 Å². The highest BCUT2D eigenvalue weighted by Gasteiger charge is 2.30. The van der Waals surface area contributed by atoms with Crippen molar-refractivity contribution in [2.75, 3.05) is 0 Å². The summed E-state index contributed by atoms with van der Waals surface area (Å²) in [5.74, 6) is 0. The van der Waals surface area contributed by atoms with Gasteiger partial charge in [0.1, 0.15) is 7.85 Å². The van der Waals surface area contributed by atoms with Crippen LogP contribution in [0.25, 0.3) is 22.3 Å². The lowest BCUT2D eigenvalue weighted by molar-refractivity contribution is 0.735. The number of allylic oxidation sites excluding steroid dienone is 1. The highest BCUT2D eigenvalue weighted by molar-refractivity contribution is 6.34. The predicted octanol–water partition coefficient (Wildman–Crippen LogP) is 2.53. The molecule has 0 unspecified atom stereocenters. The fourth-order valence-electron chi connectivity index (χ4n) is 5.62. The van der Waals surface area contributed by atoms with Gasteiger partial charge in [-0.3, -0.25) is 4.79 Å². The number of pyridine rings is 2. The van der Waals surface area contributed by atoms with Crippen LogP contribution in [0.2, 0.25) is 0 Å². The van der Waals surface area contributed by atoms with Gasteiger partial charge in [0, 0.05) is 16.5 Å². The average Bonchev–Trinajstić information content (AvgIpc) is 3.05. The Morgan fingerprint density at radius 2 is 1.89 bits per heavy atom. The molecule has 0 atom stereocenters. The van der Waals surface area contributed by atoms with Crippen LogP contribution in [0.4, 0.5) is 0 Å². The fourth-order valence-corrected chi connectivity index (χ4v) is 5.62. The first-order valence-corrected chi connectivity index (χ1v) is 10.4. The topological polar surface area (TPSA) is 34.9 Å². The second kappa shape index (κ2) is 5.47. The Hall–Kier alpha value is -2.62. The molecule has 3 nitrogen and oxygen atoms in total. The van der Waals surface area contributed by atoms with Gasteiger partial charge in [-0.25, -0.2) is 4.98 Å². The van der Waals surface area contributed by atoms with Gasteiger partial charge in [0.15, 0.2) is 0 Å². The molecule has 0 saturated carbocycles. The lowest BCUT2D eigenvalue weighted by atomic mass is 9.79. The predicted molar refractivity (Wildman–Crippen MR) is 117 cm³/mol. The van der Waals surface area contributed by atoms with Crippen molar-refractivity contribution in [1.82, 2.24) is 9.55 Å². The van der Waals surface area contributed by atoms with Crippen molar-refractivity contribution in [3.63, 3.8) is 0 Å². The third kappa shape index (κ3) is 2.01. The van der Waals surface area contributed by atoms with E-state index in [1.165, 1.54) is 45.1 Å². The summed E-state index contributed by atoms with van der Waals surface area (Å²) in [7, 11) is 2.19. The van der Waals surface area contributed by atoms with Gasteiger partial charge in [-0.2, -0.15) is 0 Å². The van der Waals surface area contributed by atoms with E-state index in [0.717, 1.165) is 60.1 Å². The standard InChI is InChI=1S/C24H23BN2O/c1-12-6-7-16-14(8-12)9-21-23-18(11-27(21)24(16)28)17-5-3-4-15-13(2)19(25)10-20(26-23)22(15)17/h9-10H,1,3-8,11,25H2,2H3. The molecule has 0 bridgehead atoms. The molecule has 4 heteroatoms. The highest BCUT2D eigenvalue weighted by atomic mass is 16.1. The summed E-state index contributed by atoms with van der Waals surface area (Å²) in [6.45, 7) is 7.09. The molecule has 6 rings (SSSR count). The Labute approximate surface area is 165 Å². The first-order chi connectivity index (χ1) is 13.5. The van der Waals surface area contributed by atoms with Crippen molar-refractivity contribution in [2.45, 2.75) is 52.0 Å². The van der Waals surface area contributed by atoms with Gasteiger partial charge in [0.2, 0.25) is 0 Å². The number of hydrogen-bond donors (Lipinski definition) is 0. The summed E-state index contributed by atoms with van der Waals surface area (Å²) < 4.78 is 1.98. The largest absolute Gasteiger partial charge is 0.302 e. The van der Waals surface area contributed by atoms with E-state index in [-0.39, 0.29) is 5.56 Å². The summed E-state index contributed by atoms with van der Waals surface area (Å²) in [6.07, 6.45) is 6.01. The van der Waals surface area contributed by atoms with Crippen LogP contribution in [-0.2, 0) is 32.2 Å². The minimum atomic E-state index is 0.192. The van der Waals surface area contributed by atoms with Crippen LogP contribution in [0.15, 0.2) is 29.1 Å². The van der Waals surface area contributed by atoms with Gasteiger partial charge < -0.3 is 4.57 Å². The molecular weight excluding hydrogens is 343 g/mol. The number of aryl methyl sites for hydroxylation is 2. The number of nitrogens with zero attached hydrogens (tertiary/aromatic N) is 2. The molecule has 3 heterocycles. The van der Waals surface area contributed by atoms with Crippen molar-refractivity contribution in [3.8, 4) is 11.4 Å². The number of hydrogen-bond acceptors (Lipinski definition) is 2. The average molecular weight is 366 g/mol. The van der Waals surface area contributed by atoms with Gasteiger partial charge in [-0.1, -0.05) is 23.2 Å². The summed E-state index contributed by atoms with van der Waals surface area (Å²) >= 11 is 0. The molecule has 28 heavy (non-hydrogen) atoms. The molecule has 3 aliphatic rings. The highest BCUT2D eigenvalue weighted by Crippen LogP contribution is 2.40. The van der Waals surface area contributed by atoms with Crippen LogP contribution < -0.4 is 11.0 Å². The van der Waals surface area contributed by atoms with Gasteiger partial charge in [0.25, 0.3) is 5.56 Å². The van der Waals surface area contributed by atoms with Crippen LogP contribution in [-0.4, -0.2) is 17.4 Å². The maximum Gasteiger partial charge on any atom is 0.254 e. The van der Waals surface area contributed by atoms with E-state index >= 15 is 0 Å². The van der Waals surface area contributed by atoms with Crippen LogP contribution in [0.1, 0.15) is 46.2 Å². The van der Waals surface area contributed by atoms with Gasteiger partial charge in [-0.05, 0) is 74.3 Å². The van der Waals surface area contributed by atoms with Crippen LogP contribution in [0.5, 0.6) is 0 Å². The molecule has 0 amide bonds. The molecule has 1 aromatic carbocycles. The maximum absolute atomic E-state index is 13.3. The number of fused-ring (bicyclic) bond motifs is 5. The van der Waals surface area contributed by atoms with E-state index in [2.05, 4.69) is 33.5 Å². The molecule has 1 aliphatic heterocycles. The molecular formula is C24H23BN2O. The normalized spacial score (nSPS) is 16.8. The SMILES string of the molecule is Bc1cc2nc3c(c4c2c(c1C)CCC4)Cn1c-3cc2c(c1=O)CCC(=C)C2. The van der Waals surface area contributed by atoms with Crippen LogP contribution in [0, 0.1) is 6.92 Å². The van der Waals surface area contributed by atoms with E-state index in [0.29, 0.717) is 6.54 Å². The Bertz CT molecular complexity index is 1300. The first-order valence-electron chi connectivity index (χ1n) is 10.4. The van der Waals surface area contributed by atoms with E-state index in [9.17, 15) is 4.79 Å². The Morgan fingerprint density at radius 3 is 2.75 bits per heavy atom. The van der Waals surface area contributed by atoms with Crippen molar-refractivity contribution in [3.05, 3.63) is 68.0 Å². The second-order valence-electron chi connectivity index (χ2n) is 8.81. The van der Waals surface area contributed by atoms with Crippen molar-refractivity contribution in [2.24, 2.45) is 0 Å². The Morgan fingerprint density at radius 1 is 1.07 bits per heavy atom. The number of benzene rings is 1. The van der Waals surface area contributed by atoms with Gasteiger partial charge in [0.05, 0.1) is 23.4 Å². The molecule has 0 saturated heterocycles. The quantitative estimate of drug-likeness (QED) is 0.354. The zero-order valence-electron chi connectivity index (χ0n) is 16.6. The van der Waals surface area contributed by atoms with Crippen molar-refractivity contribution < 1.29 is 0 Å². The molecule has 3 aromatic rings. The Balaban J connectivity index is 1.68. The summed E-state index contributed by atoms with van der Waals surface area (Å²) in [4.78, 5) is 18.4. The third-order valence-corrected chi connectivity index (χ3v) is 7.21. The van der Waals surface area contributed by atoms with E-state index in [1.807, 2.05) is 4.57 Å². The van der Waals surface area contributed by atoms with Crippen molar-refractivity contribution in [1.29, 1.82) is 0 Å². The lowest BCUT2D eigenvalue weighted by Crippen LogP contribution is -2.27. The zero-order valence-corrected chi connectivity index (χ0v) is 16.6. The van der Waals surface area contributed by atoms with Crippen molar-refractivity contribution >= 4 is 24.2 Å². The molecule has 0 N–H and O–H groups in total. The summed E-state index contributed by atoms with van der Waals surface area (Å²) in [5, 5.41) is 1.37. The van der Waals surface area contributed by atoms with Crippen LogP contribution in [0.3, 0.4) is 0 Å². The van der Waals surface area contributed by atoms with E-state index in [4.69, 9.17) is 4.98 Å².